The first-order valence-corrected chi connectivity index (χ1v) is 15.1. The summed E-state index contributed by atoms with van der Waals surface area (Å²) in [7, 11) is 0. The van der Waals surface area contributed by atoms with Crippen LogP contribution in [0.2, 0.25) is 0 Å². The van der Waals surface area contributed by atoms with Gasteiger partial charge in [-0.05, 0) is 72.9 Å². The molecule has 0 aliphatic heterocycles. The molecule has 4 aromatic rings. The van der Waals surface area contributed by atoms with Crippen LogP contribution in [0.3, 0.4) is 0 Å². The van der Waals surface area contributed by atoms with E-state index >= 15 is 0 Å². The average Bonchev–Trinajstić information content (AvgIpc) is 3.03. The van der Waals surface area contributed by atoms with Gasteiger partial charge in [0.05, 0.1) is 18.6 Å². The van der Waals surface area contributed by atoms with Crippen LogP contribution in [0.1, 0.15) is 73.6 Å². The van der Waals surface area contributed by atoms with Crippen molar-refractivity contribution in [3.63, 3.8) is 0 Å². The van der Waals surface area contributed by atoms with Crippen LogP contribution >= 0.6 is 0 Å². The average molecular weight is 553 g/mol. The van der Waals surface area contributed by atoms with Crippen LogP contribution < -0.4 is 9.47 Å². The molecule has 4 nitrogen and oxygen atoms in total. The van der Waals surface area contributed by atoms with Crippen LogP contribution in [-0.2, 0) is 5.41 Å². The lowest BCUT2D eigenvalue weighted by atomic mass is 9.65. The molecule has 0 heterocycles. The Balaban J connectivity index is 1.75. The zero-order valence-corrected chi connectivity index (χ0v) is 24.1. The Labute approximate surface area is 245 Å². The molecule has 0 bridgehead atoms. The molecule has 0 saturated heterocycles. The number of benzene rings is 4. The highest BCUT2D eigenvalue weighted by Crippen LogP contribution is 2.47. The van der Waals surface area contributed by atoms with Gasteiger partial charge in [0.15, 0.2) is 11.5 Å². The third kappa shape index (κ3) is 8.00. The Bertz CT molecular complexity index is 1160. The SMILES string of the molecule is OCCCCCCOc1ccc(C(c2ccccc2)(c2ccccc2)c2ccccc2)cc1OCCCCCCO. The van der Waals surface area contributed by atoms with E-state index in [-0.39, 0.29) is 13.2 Å². The van der Waals surface area contributed by atoms with Gasteiger partial charge in [0, 0.05) is 13.2 Å². The maximum absolute atomic E-state index is 9.12. The summed E-state index contributed by atoms with van der Waals surface area (Å²) in [5.74, 6) is 1.52. The van der Waals surface area contributed by atoms with Crippen molar-refractivity contribution in [1.29, 1.82) is 0 Å². The van der Waals surface area contributed by atoms with E-state index in [1.807, 2.05) is 0 Å². The van der Waals surface area contributed by atoms with E-state index in [9.17, 15) is 0 Å². The van der Waals surface area contributed by atoms with Crippen LogP contribution in [0.5, 0.6) is 11.5 Å². The molecular weight excluding hydrogens is 508 g/mol. The molecule has 2 N–H and O–H groups in total. The fourth-order valence-electron chi connectivity index (χ4n) is 5.54. The summed E-state index contributed by atoms with van der Waals surface area (Å²) in [5.41, 5.74) is 4.12. The van der Waals surface area contributed by atoms with Crippen molar-refractivity contribution in [2.75, 3.05) is 26.4 Å². The van der Waals surface area contributed by atoms with Crippen LogP contribution in [0, 0.1) is 0 Å². The summed E-state index contributed by atoms with van der Waals surface area (Å²) in [5, 5.41) is 18.2. The maximum Gasteiger partial charge on any atom is 0.161 e. The van der Waals surface area contributed by atoms with Crippen LogP contribution in [0.25, 0.3) is 0 Å². The summed E-state index contributed by atoms with van der Waals surface area (Å²) < 4.78 is 12.7. The van der Waals surface area contributed by atoms with Crippen molar-refractivity contribution >= 4 is 0 Å². The molecule has 0 aliphatic rings. The number of hydrogen-bond acceptors (Lipinski definition) is 4. The normalized spacial score (nSPS) is 11.4. The molecule has 0 fully saturated rings. The molecule has 0 amide bonds. The van der Waals surface area contributed by atoms with E-state index in [0.717, 1.165) is 68.4 Å². The number of rotatable bonds is 18. The standard InChI is InChI=1S/C37H44O4/c38-26-14-1-3-16-28-40-35-25-24-34(30-36(35)41-29-17-4-2-15-27-39)37(31-18-8-5-9-19-31,32-20-10-6-11-21-32)33-22-12-7-13-23-33/h5-13,18-25,30,38-39H,1-4,14-17,26-29H2. The summed E-state index contributed by atoms with van der Waals surface area (Å²) in [4.78, 5) is 0. The summed E-state index contributed by atoms with van der Waals surface area (Å²) in [6.07, 6.45) is 7.56. The van der Waals surface area contributed by atoms with Gasteiger partial charge in [-0.15, -0.1) is 0 Å². The zero-order valence-electron chi connectivity index (χ0n) is 24.1. The van der Waals surface area contributed by atoms with Crippen LogP contribution in [0.4, 0.5) is 0 Å². The second-order valence-corrected chi connectivity index (χ2v) is 10.5. The number of ether oxygens (including phenoxy) is 2. The smallest absolute Gasteiger partial charge is 0.161 e. The lowest BCUT2D eigenvalue weighted by molar-refractivity contribution is 0.251. The second-order valence-electron chi connectivity index (χ2n) is 10.5. The molecule has 0 radical (unpaired) electrons. The van der Waals surface area contributed by atoms with E-state index in [1.165, 1.54) is 16.7 Å². The van der Waals surface area contributed by atoms with Gasteiger partial charge < -0.3 is 19.7 Å². The Kier molecular flexibility index (Phi) is 12.3. The van der Waals surface area contributed by atoms with Crippen LogP contribution in [0.15, 0.2) is 109 Å². The molecule has 0 spiro atoms. The van der Waals surface area contributed by atoms with Crippen molar-refractivity contribution in [2.45, 2.75) is 56.8 Å². The van der Waals surface area contributed by atoms with Crippen LogP contribution in [-0.4, -0.2) is 36.6 Å². The molecule has 0 aromatic heterocycles. The molecule has 0 aliphatic carbocycles. The van der Waals surface area contributed by atoms with Gasteiger partial charge in [-0.25, -0.2) is 0 Å². The zero-order chi connectivity index (χ0) is 28.6. The fraction of sp³-hybridized carbons (Fsp3) is 0.351. The van der Waals surface area contributed by atoms with Crippen molar-refractivity contribution in [1.82, 2.24) is 0 Å². The number of aliphatic hydroxyl groups is 2. The van der Waals surface area contributed by atoms with E-state index in [2.05, 4.69) is 109 Å². The van der Waals surface area contributed by atoms with Crippen molar-refractivity contribution in [3.8, 4) is 11.5 Å². The predicted octanol–water partition coefficient (Wildman–Crippen LogP) is 7.93. The minimum Gasteiger partial charge on any atom is -0.490 e. The Morgan fingerprint density at radius 1 is 0.415 bits per heavy atom. The number of unbranched alkanes of at least 4 members (excludes halogenated alkanes) is 6. The lowest BCUT2D eigenvalue weighted by Crippen LogP contribution is -2.31. The van der Waals surface area contributed by atoms with Gasteiger partial charge >= 0.3 is 0 Å². The molecule has 4 heteroatoms. The molecule has 0 atom stereocenters. The van der Waals surface area contributed by atoms with Crippen molar-refractivity contribution < 1.29 is 19.7 Å². The van der Waals surface area contributed by atoms with E-state index in [1.54, 1.807) is 0 Å². The monoisotopic (exact) mass is 552 g/mol. The molecular formula is C37H44O4. The molecule has 0 unspecified atom stereocenters. The van der Waals surface area contributed by atoms with E-state index < -0.39 is 5.41 Å². The largest absolute Gasteiger partial charge is 0.490 e. The van der Waals surface area contributed by atoms with Crippen molar-refractivity contribution in [2.24, 2.45) is 0 Å². The van der Waals surface area contributed by atoms with E-state index in [4.69, 9.17) is 19.7 Å². The van der Waals surface area contributed by atoms with E-state index in [0.29, 0.717) is 13.2 Å². The molecule has 0 saturated carbocycles. The first kappa shape index (κ1) is 30.4. The molecule has 4 aromatic carbocycles. The summed E-state index contributed by atoms with van der Waals surface area (Å²) in [6, 6.07) is 38.5. The fourth-order valence-corrected chi connectivity index (χ4v) is 5.54. The second kappa shape index (κ2) is 16.6. The molecule has 216 valence electrons. The van der Waals surface area contributed by atoms with Gasteiger partial charge in [-0.3, -0.25) is 0 Å². The van der Waals surface area contributed by atoms with Gasteiger partial charge in [-0.2, -0.15) is 0 Å². The highest BCUT2D eigenvalue weighted by atomic mass is 16.5. The van der Waals surface area contributed by atoms with Gasteiger partial charge in [-0.1, -0.05) is 110 Å². The molecule has 4 rings (SSSR count). The van der Waals surface area contributed by atoms with Crippen molar-refractivity contribution in [3.05, 3.63) is 131 Å². The Morgan fingerprint density at radius 2 is 0.829 bits per heavy atom. The third-order valence-electron chi connectivity index (χ3n) is 7.62. The Morgan fingerprint density at radius 3 is 1.27 bits per heavy atom. The van der Waals surface area contributed by atoms with Gasteiger partial charge in [0.1, 0.15) is 0 Å². The first-order valence-electron chi connectivity index (χ1n) is 15.1. The minimum absolute atomic E-state index is 0.236. The number of hydrogen-bond donors (Lipinski definition) is 2. The topological polar surface area (TPSA) is 58.9 Å². The highest BCUT2D eigenvalue weighted by Gasteiger charge is 2.38. The molecule has 41 heavy (non-hydrogen) atoms. The highest BCUT2D eigenvalue weighted by molar-refractivity contribution is 5.62. The predicted molar refractivity (Wildman–Crippen MR) is 167 cm³/mol. The van der Waals surface area contributed by atoms with Gasteiger partial charge in [0.2, 0.25) is 0 Å². The summed E-state index contributed by atoms with van der Waals surface area (Å²) >= 11 is 0. The minimum atomic E-state index is -0.550. The maximum atomic E-state index is 9.12. The van der Waals surface area contributed by atoms with Gasteiger partial charge in [0.25, 0.3) is 0 Å². The lowest BCUT2D eigenvalue weighted by Gasteiger charge is -2.37. The Hall–Kier alpha value is -3.60. The first-order chi connectivity index (χ1) is 20.3. The third-order valence-corrected chi connectivity index (χ3v) is 7.62. The quantitative estimate of drug-likeness (QED) is 0.0972. The number of aliphatic hydroxyl groups excluding tert-OH is 2. The summed E-state index contributed by atoms with van der Waals surface area (Å²) in [6.45, 7) is 1.68.